The van der Waals surface area contributed by atoms with E-state index in [0.29, 0.717) is 6.54 Å². The van der Waals surface area contributed by atoms with Gasteiger partial charge in [-0.1, -0.05) is 0 Å². The molecule has 0 N–H and O–H groups in total. The van der Waals surface area contributed by atoms with Crippen LogP contribution >= 0.6 is 0 Å². The summed E-state index contributed by atoms with van der Waals surface area (Å²) in [7, 11) is 0. The molecule has 70 valence electrons. The minimum Gasteiger partial charge on any atom is -0.300 e. The highest BCUT2D eigenvalue weighted by molar-refractivity contribution is 4.86. The van der Waals surface area contributed by atoms with Gasteiger partial charge >= 0.3 is 0 Å². The van der Waals surface area contributed by atoms with Crippen molar-refractivity contribution in [1.29, 1.82) is 0 Å². The SMILES string of the molecule is C[C@]1(F)CCCN(CC2CC2)C1. The second-order valence-corrected chi connectivity index (χ2v) is 4.70. The number of hydrogen-bond donors (Lipinski definition) is 0. The summed E-state index contributed by atoms with van der Waals surface area (Å²) in [5.74, 6) is 0.902. The summed E-state index contributed by atoms with van der Waals surface area (Å²) >= 11 is 0. The van der Waals surface area contributed by atoms with Gasteiger partial charge in [-0.15, -0.1) is 0 Å². The van der Waals surface area contributed by atoms with Gasteiger partial charge in [0.05, 0.1) is 0 Å². The fraction of sp³-hybridized carbons (Fsp3) is 1.00. The standard InChI is InChI=1S/C10H18FN/c1-10(11)5-2-6-12(8-10)7-9-3-4-9/h9H,2-8H2,1H3/t10-/m0/s1. The van der Waals surface area contributed by atoms with Gasteiger partial charge in [-0.2, -0.15) is 0 Å². The molecule has 0 aromatic heterocycles. The summed E-state index contributed by atoms with van der Waals surface area (Å²) in [6.07, 6.45) is 4.55. The Labute approximate surface area is 73.9 Å². The van der Waals surface area contributed by atoms with E-state index in [-0.39, 0.29) is 0 Å². The monoisotopic (exact) mass is 171 g/mol. The highest BCUT2D eigenvalue weighted by Crippen LogP contribution is 2.32. The Balaban J connectivity index is 1.81. The van der Waals surface area contributed by atoms with E-state index in [2.05, 4.69) is 4.90 Å². The molecule has 2 heteroatoms. The molecular weight excluding hydrogens is 153 g/mol. The molecule has 0 aromatic carbocycles. The van der Waals surface area contributed by atoms with Crippen molar-refractivity contribution in [2.75, 3.05) is 19.6 Å². The highest BCUT2D eigenvalue weighted by Gasteiger charge is 2.33. The summed E-state index contributed by atoms with van der Waals surface area (Å²) < 4.78 is 13.6. The van der Waals surface area contributed by atoms with Crippen molar-refractivity contribution in [2.24, 2.45) is 5.92 Å². The molecule has 1 aliphatic carbocycles. The molecule has 1 heterocycles. The first-order chi connectivity index (χ1) is 5.66. The number of rotatable bonds is 2. The Kier molecular flexibility index (Phi) is 2.11. The molecule has 0 spiro atoms. The smallest absolute Gasteiger partial charge is 0.120 e. The molecule has 2 rings (SSSR count). The zero-order valence-electron chi connectivity index (χ0n) is 7.85. The average Bonchev–Trinajstić information content (AvgIpc) is 2.69. The van der Waals surface area contributed by atoms with E-state index in [9.17, 15) is 4.39 Å². The summed E-state index contributed by atoms with van der Waals surface area (Å²) in [6, 6.07) is 0. The minimum absolute atomic E-state index is 0.670. The molecule has 0 aromatic rings. The van der Waals surface area contributed by atoms with Gasteiger partial charge in [0.25, 0.3) is 0 Å². The van der Waals surface area contributed by atoms with Crippen LogP contribution in [0.5, 0.6) is 0 Å². The zero-order valence-corrected chi connectivity index (χ0v) is 7.85. The number of halogens is 1. The number of nitrogens with zero attached hydrogens (tertiary/aromatic N) is 1. The van der Waals surface area contributed by atoms with Gasteiger partial charge in [0.15, 0.2) is 0 Å². The minimum atomic E-state index is -0.910. The van der Waals surface area contributed by atoms with Crippen LogP contribution in [0, 0.1) is 5.92 Å². The third kappa shape index (κ3) is 2.19. The maximum atomic E-state index is 13.6. The van der Waals surface area contributed by atoms with Crippen molar-refractivity contribution >= 4 is 0 Å². The molecule has 1 saturated carbocycles. The first-order valence-electron chi connectivity index (χ1n) is 5.07. The number of likely N-dealkylation sites (tertiary alicyclic amines) is 1. The lowest BCUT2D eigenvalue weighted by Crippen LogP contribution is -2.44. The van der Waals surface area contributed by atoms with Crippen LogP contribution in [0.15, 0.2) is 0 Å². The lowest BCUT2D eigenvalue weighted by atomic mass is 9.97. The van der Waals surface area contributed by atoms with Gasteiger partial charge in [-0.05, 0) is 45.1 Å². The van der Waals surface area contributed by atoms with Gasteiger partial charge in [0.2, 0.25) is 0 Å². The van der Waals surface area contributed by atoms with Crippen LogP contribution in [0.4, 0.5) is 4.39 Å². The molecule has 1 atom stereocenters. The van der Waals surface area contributed by atoms with E-state index >= 15 is 0 Å². The zero-order chi connectivity index (χ0) is 8.60. The lowest BCUT2D eigenvalue weighted by molar-refractivity contribution is 0.0580. The molecule has 0 amide bonds. The maximum absolute atomic E-state index is 13.6. The third-order valence-electron chi connectivity index (χ3n) is 2.94. The Bertz CT molecular complexity index is 163. The molecule has 1 saturated heterocycles. The molecule has 1 aliphatic heterocycles. The summed E-state index contributed by atoms with van der Waals surface area (Å²) in [5, 5.41) is 0. The van der Waals surface area contributed by atoms with Crippen LogP contribution in [0.3, 0.4) is 0 Å². The topological polar surface area (TPSA) is 3.24 Å². The number of alkyl halides is 1. The third-order valence-corrected chi connectivity index (χ3v) is 2.94. The summed E-state index contributed by atoms with van der Waals surface area (Å²) in [6.45, 7) is 4.69. The lowest BCUT2D eigenvalue weighted by Gasteiger charge is -2.35. The fourth-order valence-corrected chi connectivity index (χ4v) is 2.12. The van der Waals surface area contributed by atoms with Crippen LogP contribution in [0.25, 0.3) is 0 Å². The molecular formula is C10H18FN. The molecule has 1 nitrogen and oxygen atoms in total. The van der Waals surface area contributed by atoms with E-state index in [0.717, 1.165) is 31.8 Å². The van der Waals surface area contributed by atoms with E-state index < -0.39 is 5.67 Å². The van der Waals surface area contributed by atoms with Crippen LogP contribution in [-0.2, 0) is 0 Å². The van der Waals surface area contributed by atoms with Crippen LogP contribution in [0.1, 0.15) is 32.6 Å². The molecule has 0 unspecified atom stereocenters. The van der Waals surface area contributed by atoms with Crippen molar-refractivity contribution in [3.05, 3.63) is 0 Å². The highest BCUT2D eigenvalue weighted by atomic mass is 19.1. The Morgan fingerprint density at radius 3 is 2.83 bits per heavy atom. The molecule has 0 bridgehead atoms. The first-order valence-corrected chi connectivity index (χ1v) is 5.07. The van der Waals surface area contributed by atoms with Gasteiger partial charge in [-0.3, -0.25) is 4.90 Å². The van der Waals surface area contributed by atoms with Crippen molar-refractivity contribution in [3.8, 4) is 0 Å². The van der Waals surface area contributed by atoms with E-state index in [1.54, 1.807) is 6.92 Å². The predicted octanol–water partition coefficient (Wildman–Crippen LogP) is 2.22. The second-order valence-electron chi connectivity index (χ2n) is 4.70. The van der Waals surface area contributed by atoms with Crippen LogP contribution < -0.4 is 0 Å². The first kappa shape index (κ1) is 8.49. The Morgan fingerprint density at radius 1 is 1.50 bits per heavy atom. The van der Waals surface area contributed by atoms with Gasteiger partial charge in [-0.25, -0.2) is 4.39 Å². The molecule has 12 heavy (non-hydrogen) atoms. The Morgan fingerprint density at radius 2 is 2.25 bits per heavy atom. The van der Waals surface area contributed by atoms with Crippen molar-refractivity contribution in [1.82, 2.24) is 4.90 Å². The summed E-state index contributed by atoms with van der Waals surface area (Å²) in [4.78, 5) is 2.31. The van der Waals surface area contributed by atoms with Gasteiger partial charge in [0, 0.05) is 13.1 Å². The van der Waals surface area contributed by atoms with E-state index in [4.69, 9.17) is 0 Å². The average molecular weight is 171 g/mol. The number of hydrogen-bond acceptors (Lipinski definition) is 1. The van der Waals surface area contributed by atoms with Gasteiger partial charge < -0.3 is 0 Å². The predicted molar refractivity (Wildman–Crippen MR) is 47.9 cm³/mol. The van der Waals surface area contributed by atoms with Crippen molar-refractivity contribution < 1.29 is 4.39 Å². The van der Waals surface area contributed by atoms with Crippen molar-refractivity contribution in [3.63, 3.8) is 0 Å². The van der Waals surface area contributed by atoms with E-state index in [1.165, 1.54) is 12.8 Å². The van der Waals surface area contributed by atoms with Crippen LogP contribution in [-0.4, -0.2) is 30.2 Å². The maximum Gasteiger partial charge on any atom is 0.120 e. The molecule has 2 fully saturated rings. The summed E-state index contributed by atoms with van der Waals surface area (Å²) in [5.41, 5.74) is -0.910. The normalized spacial score (nSPS) is 38.5. The molecule has 2 aliphatic rings. The fourth-order valence-electron chi connectivity index (χ4n) is 2.12. The molecule has 0 radical (unpaired) electrons. The number of piperidine rings is 1. The second kappa shape index (κ2) is 2.99. The van der Waals surface area contributed by atoms with E-state index in [1.807, 2.05) is 0 Å². The quantitative estimate of drug-likeness (QED) is 0.615. The largest absolute Gasteiger partial charge is 0.300 e. The van der Waals surface area contributed by atoms with Gasteiger partial charge in [0.1, 0.15) is 5.67 Å². The Hall–Kier alpha value is -0.110. The van der Waals surface area contributed by atoms with Crippen LogP contribution in [0.2, 0.25) is 0 Å². The van der Waals surface area contributed by atoms with Crippen molar-refractivity contribution in [2.45, 2.75) is 38.3 Å².